The monoisotopic (exact) mass is 452 g/mol. The fourth-order valence-corrected chi connectivity index (χ4v) is 6.70. The van der Waals surface area contributed by atoms with Crippen molar-refractivity contribution in [1.82, 2.24) is 29.9 Å². The van der Waals surface area contributed by atoms with E-state index < -0.39 is 5.60 Å². The Kier molecular flexibility index (Phi) is 4.84. The average Bonchev–Trinajstić information content (AvgIpc) is 3.37. The molecule has 0 radical (unpaired) electrons. The molecule has 4 aliphatic rings. The van der Waals surface area contributed by atoms with E-state index in [0.717, 1.165) is 49.6 Å². The zero-order valence-electron chi connectivity index (χ0n) is 19.1. The largest absolute Gasteiger partial charge is 0.394 e. The van der Waals surface area contributed by atoms with E-state index in [1.54, 1.807) is 10.9 Å². The molecule has 5 N–H and O–H groups in total. The number of hydrogen-bond acceptors (Lipinski definition) is 8. The number of aliphatic hydroxyl groups excluding tert-OH is 1. The lowest BCUT2D eigenvalue weighted by Gasteiger charge is -2.58. The third-order valence-corrected chi connectivity index (χ3v) is 7.97. The van der Waals surface area contributed by atoms with Gasteiger partial charge in [-0.05, 0) is 63.2 Å². The maximum Gasteiger partial charge on any atom is 0.226 e. The van der Waals surface area contributed by atoms with Crippen molar-refractivity contribution in [3.8, 4) is 0 Å². The molecule has 0 amide bonds. The standard InChI is InChI=1S/C23H32N8O2/c1-3-16(11-32)31-21-17(10-24-31)20(25-18-4-12(2)29-30-18)27-22(28-21)26-19-14-5-13-6-15(19)9-23(33,7-13)8-14/h4,10,13-16,19,32-33H,3,5-9,11H2,1-2H3,(H3,25,26,27,28,29,30)/t13?,14?,15?,16-,19?,23?/m0/s1. The van der Waals surface area contributed by atoms with Gasteiger partial charge >= 0.3 is 0 Å². The molecule has 7 rings (SSSR count). The summed E-state index contributed by atoms with van der Waals surface area (Å²) in [6, 6.07) is 2.03. The fraction of sp³-hybridized carbons (Fsp3) is 0.652. The molecule has 3 aromatic rings. The van der Waals surface area contributed by atoms with Crippen molar-refractivity contribution in [3.05, 3.63) is 18.0 Å². The van der Waals surface area contributed by atoms with Crippen LogP contribution in [0.25, 0.3) is 11.0 Å². The number of nitrogens with zero attached hydrogens (tertiary/aromatic N) is 5. The topological polar surface area (TPSA) is 137 Å². The summed E-state index contributed by atoms with van der Waals surface area (Å²) in [6.45, 7) is 3.97. The highest BCUT2D eigenvalue weighted by Gasteiger charge is 2.54. The van der Waals surface area contributed by atoms with Crippen LogP contribution in [0.2, 0.25) is 0 Å². The van der Waals surface area contributed by atoms with Crippen molar-refractivity contribution in [2.75, 3.05) is 17.2 Å². The molecule has 3 heterocycles. The minimum absolute atomic E-state index is 0.00584. The quantitative estimate of drug-likeness (QED) is 0.369. The summed E-state index contributed by atoms with van der Waals surface area (Å²) < 4.78 is 1.79. The molecule has 0 aliphatic heterocycles. The number of fused-ring (bicyclic) bond motifs is 1. The van der Waals surface area contributed by atoms with Crippen molar-refractivity contribution in [3.63, 3.8) is 0 Å². The number of aromatic amines is 1. The Hall–Kier alpha value is -2.72. The van der Waals surface area contributed by atoms with Crippen molar-refractivity contribution >= 4 is 28.6 Å². The second kappa shape index (κ2) is 7.66. The maximum atomic E-state index is 10.9. The molecule has 176 valence electrons. The summed E-state index contributed by atoms with van der Waals surface area (Å²) in [5, 5.41) is 40.4. The predicted molar refractivity (Wildman–Crippen MR) is 124 cm³/mol. The van der Waals surface area contributed by atoms with Crippen molar-refractivity contribution in [2.24, 2.45) is 17.8 Å². The maximum absolute atomic E-state index is 10.9. The number of aliphatic hydroxyl groups is 2. The van der Waals surface area contributed by atoms with Crippen LogP contribution in [0.5, 0.6) is 0 Å². The van der Waals surface area contributed by atoms with Gasteiger partial charge in [0.2, 0.25) is 5.95 Å². The summed E-state index contributed by atoms with van der Waals surface area (Å²) in [5.74, 6) is 3.39. The third-order valence-electron chi connectivity index (χ3n) is 7.97. The van der Waals surface area contributed by atoms with Crippen LogP contribution in [0.4, 0.5) is 17.6 Å². The number of anilines is 3. The second-order valence-electron chi connectivity index (χ2n) is 10.4. The van der Waals surface area contributed by atoms with Crippen LogP contribution in [0.1, 0.15) is 57.2 Å². The SMILES string of the molecule is CC[C@@H](CO)n1ncc2c(Nc3cc(C)[nH]n3)nc(NC3C4CC5CC3CC(O)(C5)C4)nc21. The molecule has 3 aromatic heterocycles. The Morgan fingerprint density at radius 2 is 2.03 bits per heavy atom. The zero-order valence-corrected chi connectivity index (χ0v) is 19.1. The number of aryl methyl sites for hydroxylation is 1. The number of hydrogen-bond donors (Lipinski definition) is 5. The summed E-state index contributed by atoms with van der Waals surface area (Å²) in [6.07, 6.45) is 7.50. The van der Waals surface area contributed by atoms with E-state index >= 15 is 0 Å². The summed E-state index contributed by atoms with van der Waals surface area (Å²) in [5.41, 5.74) is 1.17. The lowest BCUT2D eigenvalue weighted by atomic mass is 9.52. The molecule has 33 heavy (non-hydrogen) atoms. The highest BCUT2D eigenvalue weighted by molar-refractivity contribution is 5.89. The molecule has 4 aliphatic carbocycles. The van der Waals surface area contributed by atoms with E-state index in [9.17, 15) is 10.2 Å². The van der Waals surface area contributed by atoms with E-state index in [1.807, 2.05) is 19.9 Å². The Morgan fingerprint density at radius 3 is 2.67 bits per heavy atom. The third kappa shape index (κ3) is 3.56. The molecule has 0 spiro atoms. The van der Waals surface area contributed by atoms with Gasteiger partial charge in [0, 0.05) is 17.8 Å². The van der Waals surface area contributed by atoms with Gasteiger partial charge in [-0.15, -0.1) is 0 Å². The van der Waals surface area contributed by atoms with Crippen LogP contribution in [-0.2, 0) is 0 Å². The van der Waals surface area contributed by atoms with Crippen LogP contribution in [-0.4, -0.2) is 58.4 Å². The van der Waals surface area contributed by atoms with Gasteiger partial charge in [0.1, 0.15) is 5.82 Å². The van der Waals surface area contributed by atoms with Crippen LogP contribution in [0.3, 0.4) is 0 Å². The Balaban J connectivity index is 1.38. The van der Waals surface area contributed by atoms with Crippen LogP contribution in [0.15, 0.2) is 12.3 Å². The molecular weight excluding hydrogens is 420 g/mol. The zero-order chi connectivity index (χ0) is 22.7. The molecule has 3 atom stereocenters. The highest BCUT2D eigenvalue weighted by atomic mass is 16.3. The van der Waals surface area contributed by atoms with Gasteiger partial charge < -0.3 is 20.8 Å². The van der Waals surface area contributed by atoms with Crippen LogP contribution in [0, 0.1) is 24.7 Å². The lowest BCUT2D eigenvalue weighted by molar-refractivity contribution is -0.129. The molecule has 0 aromatic carbocycles. The van der Waals surface area contributed by atoms with Crippen molar-refractivity contribution in [2.45, 2.75) is 70.1 Å². The van der Waals surface area contributed by atoms with E-state index in [4.69, 9.17) is 9.97 Å². The molecule has 10 heteroatoms. The fourth-order valence-electron chi connectivity index (χ4n) is 6.70. The van der Waals surface area contributed by atoms with E-state index in [-0.39, 0.29) is 18.7 Å². The van der Waals surface area contributed by atoms with Gasteiger partial charge in [0.05, 0.1) is 29.8 Å². The number of aromatic nitrogens is 6. The van der Waals surface area contributed by atoms with E-state index in [2.05, 4.69) is 25.9 Å². The summed E-state index contributed by atoms with van der Waals surface area (Å²) in [7, 11) is 0. The van der Waals surface area contributed by atoms with Crippen LogP contribution >= 0.6 is 0 Å². The van der Waals surface area contributed by atoms with Crippen LogP contribution < -0.4 is 10.6 Å². The predicted octanol–water partition coefficient (Wildman–Crippen LogP) is 2.90. The number of H-pyrrole nitrogens is 1. The van der Waals surface area contributed by atoms with E-state index in [0.29, 0.717) is 41.0 Å². The smallest absolute Gasteiger partial charge is 0.226 e. The first-order valence-corrected chi connectivity index (χ1v) is 12.1. The first-order chi connectivity index (χ1) is 15.9. The van der Waals surface area contributed by atoms with Gasteiger partial charge in [-0.1, -0.05) is 6.92 Å². The number of nitrogens with one attached hydrogen (secondary N) is 3. The first-order valence-electron chi connectivity index (χ1n) is 12.1. The summed E-state index contributed by atoms with van der Waals surface area (Å²) in [4.78, 5) is 9.70. The lowest BCUT2D eigenvalue weighted by Crippen LogP contribution is -2.59. The second-order valence-corrected chi connectivity index (χ2v) is 10.4. The number of rotatable bonds is 7. The summed E-state index contributed by atoms with van der Waals surface area (Å²) >= 11 is 0. The molecule has 10 nitrogen and oxygen atoms in total. The highest BCUT2D eigenvalue weighted by Crippen LogP contribution is 2.56. The Morgan fingerprint density at radius 1 is 1.24 bits per heavy atom. The minimum Gasteiger partial charge on any atom is -0.394 e. The Bertz CT molecular complexity index is 1150. The Labute approximate surface area is 192 Å². The van der Waals surface area contributed by atoms with E-state index in [1.165, 1.54) is 0 Å². The molecule has 4 fully saturated rings. The normalized spacial score (nSPS) is 31.3. The van der Waals surface area contributed by atoms with Gasteiger partial charge in [0.15, 0.2) is 11.5 Å². The van der Waals surface area contributed by atoms with Gasteiger partial charge in [-0.25, -0.2) is 4.68 Å². The molecule has 4 saturated carbocycles. The molecular formula is C23H32N8O2. The first kappa shape index (κ1) is 20.9. The molecule has 0 saturated heterocycles. The molecule has 2 unspecified atom stereocenters. The van der Waals surface area contributed by atoms with Gasteiger partial charge in [0.25, 0.3) is 0 Å². The van der Waals surface area contributed by atoms with Gasteiger partial charge in [-0.2, -0.15) is 20.2 Å². The van der Waals surface area contributed by atoms with Crippen molar-refractivity contribution in [1.29, 1.82) is 0 Å². The molecule has 4 bridgehead atoms. The van der Waals surface area contributed by atoms with Crippen molar-refractivity contribution < 1.29 is 10.2 Å². The average molecular weight is 453 g/mol. The van der Waals surface area contributed by atoms with Gasteiger partial charge in [-0.3, -0.25) is 5.10 Å². The minimum atomic E-state index is -0.474.